The summed E-state index contributed by atoms with van der Waals surface area (Å²) < 4.78 is 12.7. The smallest absolute Gasteiger partial charge is 0.343 e. The third-order valence-corrected chi connectivity index (χ3v) is 6.61. The van der Waals surface area contributed by atoms with E-state index in [-0.39, 0.29) is 28.3 Å². The Morgan fingerprint density at radius 2 is 1.64 bits per heavy atom. The van der Waals surface area contributed by atoms with Gasteiger partial charge in [0.15, 0.2) is 5.75 Å². The number of barbiturate groups is 1. The molecule has 1 heterocycles. The number of nitrogens with one attached hydrogen (secondary N) is 1. The summed E-state index contributed by atoms with van der Waals surface area (Å²) >= 11 is 10.1. The summed E-state index contributed by atoms with van der Waals surface area (Å²) in [7, 11) is 1.40. The van der Waals surface area contributed by atoms with Gasteiger partial charge in [-0.15, -0.1) is 0 Å². The Morgan fingerprint density at radius 1 is 0.944 bits per heavy atom. The molecular weight excluding hydrogens is 664 g/mol. The maximum Gasteiger partial charge on any atom is 0.343 e. The Kier molecular flexibility index (Phi) is 7.72. The first-order valence-corrected chi connectivity index (χ1v) is 12.6. The Labute approximate surface area is 230 Å². The Morgan fingerprint density at radius 3 is 2.33 bits per heavy atom. The Hall–Kier alpha value is -3.28. The number of hydrogen-bond acceptors (Lipinski definition) is 6. The van der Waals surface area contributed by atoms with Crippen LogP contribution in [0.1, 0.15) is 15.9 Å². The molecule has 36 heavy (non-hydrogen) atoms. The first-order valence-electron chi connectivity index (χ1n) is 10.2. The second-order valence-electron chi connectivity index (χ2n) is 7.33. The highest BCUT2D eigenvalue weighted by molar-refractivity contribution is 9.11. The molecule has 1 aliphatic heterocycles. The molecule has 1 fully saturated rings. The van der Waals surface area contributed by atoms with Crippen molar-refractivity contribution in [3.05, 3.63) is 90.8 Å². The van der Waals surface area contributed by atoms with Gasteiger partial charge >= 0.3 is 12.0 Å². The number of esters is 1. The van der Waals surface area contributed by atoms with Gasteiger partial charge in [-0.3, -0.25) is 14.9 Å². The Balaban J connectivity index is 1.76. The fourth-order valence-corrected chi connectivity index (χ4v) is 4.98. The molecular formula is C25H15Br3N2O6. The number of amides is 4. The molecule has 4 amide bonds. The van der Waals surface area contributed by atoms with Crippen LogP contribution < -0.4 is 19.7 Å². The summed E-state index contributed by atoms with van der Waals surface area (Å²) in [6.07, 6.45) is 1.26. The number of ether oxygens (including phenoxy) is 2. The zero-order valence-electron chi connectivity index (χ0n) is 18.4. The molecule has 182 valence electrons. The number of hydrogen-bond donors (Lipinski definition) is 1. The number of nitrogens with zero attached hydrogens (tertiary/aromatic N) is 1. The van der Waals surface area contributed by atoms with E-state index in [0.717, 1.165) is 9.37 Å². The molecule has 0 aliphatic carbocycles. The van der Waals surface area contributed by atoms with Gasteiger partial charge in [-0.05, 0) is 70.5 Å². The van der Waals surface area contributed by atoms with Gasteiger partial charge < -0.3 is 9.47 Å². The SMILES string of the molecule is COc1ccccc1N1C(=O)NC(=O)/C(=C/c2cc(Br)cc(Br)c2OC(=O)c2ccc(Br)cc2)C1=O. The van der Waals surface area contributed by atoms with Crippen LogP contribution in [-0.4, -0.2) is 30.9 Å². The number of para-hydroxylation sites is 2. The summed E-state index contributed by atoms with van der Waals surface area (Å²) in [6.45, 7) is 0. The molecule has 0 unspecified atom stereocenters. The molecule has 1 aliphatic rings. The largest absolute Gasteiger partial charge is 0.495 e. The molecule has 3 aromatic carbocycles. The molecule has 0 saturated carbocycles. The number of carbonyl (C=O) groups excluding carboxylic acids is 4. The molecule has 0 atom stereocenters. The van der Waals surface area contributed by atoms with Crippen LogP contribution in [-0.2, 0) is 9.59 Å². The minimum Gasteiger partial charge on any atom is -0.495 e. The second kappa shape index (κ2) is 10.8. The first-order chi connectivity index (χ1) is 17.2. The summed E-state index contributed by atoms with van der Waals surface area (Å²) in [6, 6.07) is 15.3. The number of rotatable bonds is 5. The molecule has 1 N–H and O–H groups in total. The maximum atomic E-state index is 13.4. The fraction of sp³-hybridized carbons (Fsp3) is 0.0400. The summed E-state index contributed by atoms with van der Waals surface area (Å²) in [5, 5.41) is 2.17. The van der Waals surface area contributed by atoms with Gasteiger partial charge in [-0.2, -0.15) is 0 Å². The predicted octanol–water partition coefficient (Wildman–Crippen LogP) is 5.87. The molecule has 4 rings (SSSR count). The van der Waals surface area contributed by atoms with Gasteiger partial charge in [0.1, 0.15) is 11.3 Å². The van der Waals surface area contributed by atoms with Crippen molar-refractivity contribution in [2.45, 2.75) is 0 Å². The monoisotopic (exact) mass is 676 g/mol. The van der Waals surface area contributed by atoms with Crippen molar-refractivity contribution in [2.75, 3.05) is 12.0 Å². The molecule has 1 saturated heterocycles. The number of methoxy groups -OCH3 is 1. The van der Waals surface area contributed by atoms with E-state index in [4.69, 9.17) is 9.47 Å². The van der Waals surface area contributed by atoms with E-state index < -0.39 is 23.8 Å². The van der Waals surface area contributed by atoms with Crippen LogP contribution >= 0.6 is 47.8 Å². The lowest BCUT2D eigenvalue weighted by atomic mass is 10.1. The van der Waals surface area contributed by atoms with Gasteiger partial charge in [-0.1, -0.05) is 44.0 Å². The third-order valence-electron chi connectivity index (χ3n) is 5.04. The third kappa shape index (κ3) is 5.28. The van der Waals surface area contributed by atoms with Crippen molar-refractivity contribution in [1.82, 2.24) is 5.32 Å². The van der Waals surface area contributed by atoms with Gasteiger partial charge in [0.25, 0.3) is 11.8 Å². The normalized spacial score (nSPS) is 14.6. The second-order valence-corrected chi connectivity index (χ2v) is 10.0. The average molecular weight is 679 g/mol. The van der Waals surface area contributed by atoms with Gasteiger partial charge in [-0.25, -0.2) is 14.5 Å². The van der Waals surface area contributed by atoms with E-state index in [0.29, 0.717) is 14.5 Å². The molecule has 11 heteroatoms. The molecule has 8 nitrogen and oxygen atoms in total. The highest BCUT2D eigenvalue weighted by Crippen LogP contribution is 2.36. The van der Waals surface area contributed by atoms with Crippen molar-refractivity contribution in [1.29, 1.82) is 0 Å². The maximum absolute atomic E-state index is 13.4. The number of anilines is 1. The van der Waals surface area contributed by atoms with E-state index in [9.17, 15) is 19.2 Å². The number of imide groups is 2. The van der Waals surface area contributed by atoms with E-state index >= 15 is 0 Å². The predicted molar refractivity (Wildman–Crippen MR) is 143 cm³/mol. The average Bonchev–Trinajstić information content (AvgIpc) is 2.84. The van der Waals surface area contributed by atoms with E-state index in [1.165, 1.54) is 19.3 Å². The molecule has 0 aromatic heterocycles. The van der Waals surface area contributed by atoms with Crippen molar-refractivity contribution in [3.63, 3.8) is 0 Å². The minimum absolute atomic E-state index is 0.0833. The highest BCUT2D eigenvalue weighted by atomic mass is 79.9. The van der Waals surface area contributed by atoms with Crippen LogP contribution in [0.25, 0.3) is 6.08 Å². The number of halogens is 3. The van der Waals surface area contributed by atoms with E-state index in [1.807, 2.05) is 0 Å². The Bertz CT molecular complexity index is 1440. The molecule has 0 radical (unpaired) electrons. The zero-order chi connectivity index (χ0) is 26.0. The van der Waals surface area contributed by atoms with E-state index in [1.54, 1.807) is 54.6 Å². The number of benzene rings is 3. The summed E-state index contributed by atoms with van der Waals surface area (Å²) in [4.78, 5) is 52.2. The van der Waals surface area contributed by atoms with Crippen molar-refractivity contribution < 1.29 is 28.7 Å². The minimum atomic E-state index is -0.913. The topological polar surface area (TPSA) is 102 Å². The summed E-state index contributed by atoms with van der Waals surface area (Å²) in [5.41, 5.74) is 0.366. The van der Waals surface area contributed by atoms with Gasteiger partial charge in [0.05, 0.1) is 22.8 Å². The standard InChI is InChI=1S/C25H15Br3N2O6/c1-35-20-5-3-2-4-19(20)30-23(32)17(22(31)29-25(30)34)11-14-10-16(27)12-18(28)21(14)36-24(33)13-6-8-15(26)9-7-13/h2-12H,1H3,(H,29,31,34)/b17-11-. The summed E-state index contributed by atoms with van der Waals surface area (Å²) in [5.74, 6) is -2.05. The lowest BCUT2D eigenvalue weighted by Crippen LogP contribution is -2.54. The van der Waals surface area contributed by atoms with Crippen molar-refractivity contribution in [3.8, 4) is 11.5 Å². The number of urea groups is 1. The van der Waals surface area contributed by atoms with E-state index in [2.05, 4.69) is 53.1 Å². The van der Waals surface area contributed by atoms with Gasteiger partial charge in [0, 0.05) is 14.5 Å². The molecule has 3 aromatic rings. The van der Waals surface area contributed by atoms with Crippen LogP contribution in [0.3, 0.4) is 0 Å². The molecule has 0 bridgehead atoms. The zero-order valence-corrected chi connectivity index (χ0v) is 23.1. The van der Waals surface area contributed by atoms with Crippen molar-refractivity contribution >= 4 is 83.4 Å². The van der Waals surface area contributed by atoms with Crippen molar-refractivity contribution in [2.24, 2.45) is 0 Å². The first kappa shape index (κ1) is 25.8. The van der Waals surface area contributed by atoms with Gasteiger partial charge in [0.2, 0.25) is 0 Å². The lowest BCUT2D eigenvalue weighted by Gasteiger charge is -2.27. The van der Waals surface area contributed by atoms with Crippen LogP contribution in [0.15, 0.2) is 79.7 Å². The highest BCUT2D eigenvalue weighted by Gasteiger charge is 2.38. The van der Waals surface area contributed by atoms with Crippen LogP contribution in [0.5, 0.6) is 11.5 Å². The molecule has 0 spiro atoms. The fourth-order valence-electron chi connectivity index (χ4n) is 3.38. The number of carbonyl (C=O) groups is 4. The van der Waals surface area contributed by atoms with Crippen LogP contribution in [0.4, 0.5) is 10.5 Å². The lowest BCUT2D eigenvalue weighted by molar-refractivity contribution is -0.122. The quantitative estimate of drug-likeness (QED) is 0.157. The van der Waals surface area contributed by atoms with Crippen LogP contribution in [0.2, 0.25) is 0 Å². The van der Waals surface area contributed by atoms with Crippen LogP contribution in [0, 0.1) is 0 Å².